The summed E-state index contributed by atoms with van der Waals surface area (Å²) >= 11 is 11.9. The molecule has 0 radical (unpaired) electrons. The van der Waals surface area contributed by atoms with Crippen molar-refractivity contribution in [3.05, 3.63) is 52.5 Å². The summed E-state index contributed by atoms with van der Waals surface area (Å²) in [6.45, 7) is 0. The zero-order valence-corrected chi connectivity index (χ0v) is 13.1. The minimum absolute atomic E-state index is 0.238. The highest BCUT2D eigenvalue weighted by molar-refractivity contribution is 7.86. The first-order valence-corrected chi connectivity index (χ1v) is 8.02. The van der Waals surface area contributed by atoms with Gasteiger partial charge in [0.25, 0.3) is 0 Å². The van der Waals surface area contributed by atoms with Crippen molar-refractivity contribution in [2.75, 3.05) is 16.8 Å². The highest BCUT2D eigenvalue weighted by Crippen LogP contribution is 2.27. The molecule has 7 heteroatoms. The number of anilines is 2. The van der Waals surface area contributed by atoms with Gasteiger partial charge in [-0.2, -0.15) is 0 Å². The molecule has 2 aromatic carbocycles. The Morgan fingerprint density at radius 1 is 1.14 bits per heavy atom. The van der Waals surface area contributed by atoms with Gasteiger partial charge in [-0.25, -0.2) is 0 Å². The van der Waals surface area contributed by atoms with Crippen LogP contribution in [0.5, 0.6) is 0 Å². The number of carbonyl (C=O) groups is 1. The van der Waals surface area contributed by atoms with Gasteiger partial charge in [0.1, 0.15) is 5.75 Å². The van der Waals surface area contributed by atoms with Crippen molar-refractivity contribution < 1.29 is 9.00 Å². The van der Waals surface area contributed by atoms with Crippen molar-refractivity contribution in [1.82, 2.24) is 0 Å². The molecule has 0 aliphatic rings. The summed E-state index contributed by atoms with van der Waals surface area (Å²) in [6, 6.07) is 11.5. The molecule has 2 aromatic rings. The highest BCUT2D eigenvalue weighted by atomic mass is 35.5. The number of rotatable bonds is 4. The topological polar surface area (TPSA) is 72.2 Å². The number of hydrogen-bond donors (Lipinski definition) is 2. The van der Waals surface area contributed by atoms with Crippen LogP contribution in [0.1, 0.15) is 0 Å². The van der Waals surface area contributed by atoms with Crippen molar-refractivity contribution in [2.24, 2.45) is 0 Å². The zero-order valence-electron chi connectivity index (χ0n) is 10.8. The van der Waals surface area contributed by atoms with Crippen LogP contribution in [0.15, 0.2) is 47.4 Å². The second kappa shape index (κ2) is 6.93. The number of carbonyl (C=O) groups excluding carboxylic acids is 1. The van der Waals surface area contributed by atoms with Crippen LogP contribution < -0.4 is 11.1 Å². The summed E-state index contributed by atoms with van der Waals surface area (Å²) in [6.07, 6.45) is 0. The quantitative estimate of drug-likeness (QED) is 0.837. The highest BCUT2D eigenvalue weighted by Gasteiger charge is 2.16. The molecule has 110 valence electrons. The van der Waals surface area contributed by atoms with Gasteiger partial charge in [0.05, 0.1) is 25.7 Å². The second-order valence-corrected chi connectivity index (χ2v) is 6.42. The molecular weight excluding hydrogens is 331 g/mol. The molecule has 0 aliphatic heterocycles. The van der Waals surface area contributed by atoms with Crippen LogP contribution in [-0.2, 0) is 15.6 Å². The average Bonchev–Trinajstić information content (AvgIpc) is 2.38. The smallest absolute Gasteiger partial charge is 0.237 e. The van der Waals surface area contributed by atoms with Crippen LogP contribution in [0.4, 0.5) is 11.4 Å². The fourth-order valence-electron chi connectivity index (χ4n) is 1.70. The standard InChI is InChI=1S/C14H12Cl2N2O2S/c15-11-5-2-6-12(16)14(11)21(20)8-13(19)18-10-4-1-3-9(17)7-10/h1-7H,8,17H2,(H,18,19). The van der Waals surface area contributed by atoms with Crippen molar-refractivity contribution in [1.29, 1.82) is 0 Å². The molecule has 1 atom stereocenters. The molecule has 1 unspecified atom stereocenters. The van der Waals surface area contributed by atoms with E-state index in [2.05, 4.69) is 5.32 Å². The predicted octanol–water partition coefficient (Wildman–Crippen LogP) is 3.32. The van der Waals surface area contributed by atoms with Crippen molar-refractivity contribution in [2.45, 2.75) is 4.90 Å². The summed E-state index contributed by atoms with van der Waals surface area (Å²) < 4.78 is 12.2. The number of nitrogen functional groups attached to an aromatic ring is 1. The second-order valence-electron chi connectivity index (χ2n) is 4.21. The number of benzene rings is 2. The number of halogens is 2. The normalized spacial score (nSPS) is 11.9. The molecule has 0 aromatic heterocycles. The van der Waals surface area contributed by atoms with Crippen molar-refractivity contribution in [3.8, 4) is 0 Å². The van der Waals surface area contributed by atoms with E-state index in [-0.39, 0.29) is 20.7 Å². The van der Waals surface area contributed by atoms with Crippen LogP contribution in [-0.4, -0.2) is 15.9 Å². The molecule has 2 rings (SSSR count). The van der Waals surface area contributed by atoms with Gasteiger partial charge < -0.3 is 11.1 Å². The lowest BCUT2D eigenvalue weighted by atomic mass is 10.3. The molecule has 0 saturated heterocycles. The van der Waals surface area contributed by atoms with E-state index < -0.39 is 16.7 Å². The Morgan fingerprint density at radius 3 is 2.38 bits per heavy atom. The molecule has 0 heterocycles. The van der Waals surface area contributed by atoms with E-state index >= 15 is 0 Å². The summed E-state index contributed by atoms with van der Waals surface area (Å²) in [5, 5.41) is 3.18. The summed E-state index contributed by atoms with van der Waals surface area (Å²) in [7, 11) is -1.62. The molecule has 0 spiro atoms. The maximum absolute atomic E-state index is 12.2. The van der Waals surface area contributed by atoms with E-state index in [1.807, 2.05) is 0 Å². The van der Waals surface area contributed by atoms with Crippen LogP contribution in [0.2, 0.25) is 10.0 Å². The van der Waals surface area contributed by atoms with Gasteiger partial charge >= 0.3 is 0 Å². The third-order valence-electron chi connectivity index (χ3n) is 2.58. The minimum Gasteiger partial charge on any atom is -0.399 e. The van der Waals surface area contributed by atoms with Gasteiger partial charge in [-0.05, 0) is 30.3 Å². The molecule has 0 fully saturated rings. The lowest BCUT2D eigenvalue weighted by molar-refractivity contribution is -0.113. The van der Waals surface area contributed by atoms with Gasteiger partial charge in [0.15, 0.2) is 0 Å². The maximum Gasteiger partial charge on any atom is 0.237 e. The van der Waals surface area contributed by atoms with Gasteiger partial charge in [0.2, 0.25) is 5.91 Å². The van der Waals surface area contributed by atoms with Gasteiger partial charge in [-0.15, -0.1) is 0 Å². The Morgan fingerprint density at radius 2 is 1.76 bits per heavy atom. The third kappa shape index (κ3) is 4.20. The molecule has 0 saturated carbocycles. The molecule has 0 bridgehead atoms. The number of nitrogens with two attached hydrogens (primary N) is 1. The first-order chi connectivity index (χ1) is 9.97. The Balaban J connectivity index is 2.08. The van der Waals surface area contributed by atoms with Crippen LogP contribution in [0, 0.1) is 0 Å². The van der Waals surface area contributed by atoms with E-state index in [9.17, 15) is 9.00 Å². The lowest BCUT2D eigenvalue weighted by Crippen LogP contribution is -2.19. The van der Waals surface area contributed by atoms with E-state index in [0.717, 1.165) is 0 Å². The largest absolute Gasteiger partial charge is 0.399 e. The maximum atomic E-state index is 12.2. The van der Waals surface area contributed by atoms with E-state index in [0.29, 0.717) is 11.4 Å². The molecule has 21 heavy (non-hydrogen) atoms. The van der Waals surface area contributed by atoms with Crippen LogP contribution in [0.25, 0.3) is 0 Å². The van der Waals surface area contributed by atoms with Gasteiger partial charge in [-0.3, -0.25) is 9.00 Å². The Labute approximate surface area is 134 Å². The molecule has 3 N–H and O–H groups in total. The first kappa shape index (κ1) is 15.8. The van der Waals surface area contributed by atoms with Crippen LogP contribution in [0.3, 0.4) is 0 Å². The van der Waals surface area contributed by atoms with Gasteiger partial charge in [-0.1, -0.05) is 35.3 Å². The zero-order chi connectivity index (χ0) is 15.4. The molecule has 4 nitrogen and oxygen atoms in total. The first-order valence-electron chi connectivity index (χ1n) is 5.95. The Hall–Kier alpha value is -1.56. The number of amides is 1. The van der Waals surface area contributed by atoms with Crippen LogP contribution >= 0.6 is 23.2 Å². The fraction of sp³-hybridized carbons (Fsp3) is 0.0714. The SMILES string of the molecule is Nc1cccc(NC(=O)CS(=O)c2c(Cl)cccc2Cl)c1. The fourth-order valence-corrected chi connectivity index (χ4v) is 3.64. The summed E-state index contributed by atoms with van der Waals surface area (Å²) in [5.74, 6) is -0.645. The minimum atomic E-state index is -1.62. The van der Waals surface area contributed by atoms with E-state index in [1.54, 1.807) is 42.5 Å². The van der Waals surface area contributed by atoms with Crippen molar-refractivity contribution in [3.63, 3.8) is 0 Å². The molecule has 0 aliphatic carbocycles. The van der Waals surface area contributed by atoms with Gasteiger partial charge in [0, 0.05) is 11.4 Å². The number of nitrogens with one attached hydrogen (secondary N) is 1. The summed E-state index contributed by atoms with van der Waals surface area (Å²) in [5.41, 5.74) is 6.69. The molecular formula is C14H12Cl2N2O2S. The third-order valence-corrected chi connectivity index (χ3v) is 4.85. The average molecular weight is 343 g/mol. The Kier molecular flexibility index (Phi) is 5.22. The van der Waals surface area contributed by atoms with E-state index in [4.69, 9.17) is 28.9 Å². The van der Waals surface area contributed by atoms with Crippen molar-refractivity contribution >= 4 is 51.3 Å². The van der Waals surface area contributed by atoms with E-state index in [1.165, 1.54) is 0 Å². The number of hydrogen-bond acceptors (Lipinski definition) is 3. The molecule has 1 amide bonds. The lowest BCUT2D eigenvalue weighted by Gasteiger charge is -2.08. The predicted molar refractivity (Wildman–Crippen MR) is 87.2 cm³/mol. The Bertz CT molecular complexity index is 687. The summed E-state index contributed by atoms with van der Waals surface area (Å²) in [4.78, 5) is 12.2. The monoisotopic (exact) mass is 342 g/mol.